The molecule has 0 spiro atoms. The fraction of sp³-hybridized carbons (Fsp3) is 0.250. The maximum atomic E-state index is 13.4. The SMILES string of the molecule is O=c1c2ccccc2nc(C2CCCCC2)n1N=Cc1cc(Cl)c(OCc2cccc([N+](=O)[O-])c2)c(Cl)c1. The molecule has 194 valence electrons. The summed E-state index contributed by atoms with van der Waals surface area (Å²) in [7, 11) is 0. The molecule has 1 saturated carbocycles. The minimum atomic E-state index is -0.465. The van der Waals surface area contributed by atoms with Crippen LogP contribution in [0.4, 0.5) is 5.69 Å². The second kappa shape index (κ2) is 11.3. The van der Waals surface area contributed by atoms with E-state index in [1.54, 1.807) is 30.3 Å². The Morgan fingerprint density at radius 1 is 1.05 bits per heavy atom. The zero-order valence-electron chi connectivity index (χ0n) is 20.3. The molecule has 5 rings (SSSR count). The fourth-order valence-corrected chi connectivity index (χ4v) is 5.32. The lowest BCUT2D eigenvalue weighted by Gasteiger charge is -2.22. The monoisotopic (exact) mass is 550 g/mol. The first-order chi connectivity index (χ1) is 18.4. The van der Waals surface area contributed by atoms with E-state index in [4.69, 9.17) is 32.9 Å². The van der Waals surface area contributed by atoms with E-state index in [0.717, 1.165) is 25.7 Å². The Labute approximate surface area is 228 Å². The molecule has 1 aliphatic carbocycles. The summed E-state index contributed by atoms with van der Waals surface area (Å²) in [4.78, 5) is 28.8. The molecule has 1 aromatic heterocycles. The number of hydrogen-bond acceptors (Lipinski definition) is 6. The summed E-state index contributed by atoms with van der Waals surface area (Å²) >= 11 is 12.9. The Bertz CT molecular complexity index is 1570. The molecule has 3 aromatic carbocycles. The van der Waals surface area contributed by atoms with Gasteiger partial charge in [0.15, 0.2) is 5.75 Å². The third-order valence-corrected chi connectivity index (χ3v) is 7.16. The Morgan fingerprint density at radius 2 is 1.79 bits per heavy atom. The van der Waals surface area contributed by atoms with Gasteiger partial charge in [-0.3, -0.25) is 14.9 Å². The first-order valence-corrected chi connectivity index (χ1v) is 13.1. The van der Waals surface area contributed by atoms with Crippen molar-refractivity contribution < 1.29 is 9.66 Å². The third kappa shape index (κ3) is 5.56. The number of hydrogen-bond donors (Lipinski definition) is 0. The molecule has 4 aromatic rings. The van der Waals surface area contributed by atoms with E-state index in [0.29, 0.717) is 27.9 Å². The molecule has 0 unspecified atom stereocenters. The molecule has 0 aliphatic heterocycles. The van der Waals surface area contributed by atoms with Crippen LogP contribution in [0.3, 0.4) is 0 Å². The van der Waals surface area contributed by atoms with Crippen LogP contribution in [0.2, 0.25) is 10.0 Å². The van der Waals surface area contributed by atoms with Crippen LogP contribution in [0.25, 0.3) is 10.9 Å². The summed E-state index contributed by atoms with van der Waals surface area (Å²) in [5, 5.41) is 16.6. The summed E-state index contributed by atoms with van der Waals surface area (Å²) in [6.07, 6.45) is 6.85. The molecule has 8 nitrogen and oxygen atoms in total. The number of nitrogens with zero attached hydrogens (tertiary/aromatic N) is 4. The molecule has 1 aliphatic rings. The molecule has 38 heavy (non-hydrogen) atoms. The summed E-state index contributed by atoms with van der Waals surface area (Å²) in [5.41, 5.74) is 1.61. The van der Waals surface area contributed by atoms with Gasteiger partial charge in [-0.25, -0.2) is 4.98 Å². The van der Waals surface area contributed by atoms with Gasteiger partial charge in [-0.15, -0.1) is 0 Å². The van der Waals surface area contributed by atoms with E-state index in [2.05, 4.69) is 5.10 Å². The average molecular weight is 551 g/mol. The second-order valence-electron chi connectivity index (χ2n) is 9.21. The molecule has 1 fully saturated rings. The van der Waals surface area contributed by atoms with E-state index >= 15 is 0 Å². The van der Waals surface area contributed by atoms with Crippen LogP contribution in [-0.2, 0) is 6.61 Å². The van der Waals surface area contributed by atoms with E-state index < -0.39 is 4.92 Å². The van der Waals surface area contributed by atoms with Gasteiger partial charge in [-0.05, 0) is 48.2 Å². The standard InChI is InChI=1S/C28H24Cl2N4O4/c29-23-14-19(15-24(30)26(23)38-17-18-7-6-10-21(13-18)34(36)37)16-31-33-27(20-8-2-1-3-9-20)32-25-12-5-4-11-22(25)28(33)35/h4-7,10-16,20H,1-3,8-9,17H2. The number of ether oxygens (including phenoxy) is 1. The minimum absolute atomic E-state index is 0.0270. The van der Waals surface area contributed by atoms with Gasteiger partial charge in [0.2, 0.25) is 0 Å². The van der Waals surface area contributed by atoms with E-state index in [1.165, 1.54) is 29.4 Å². The van der Waals surface area contributed by atoms with Crippen LogP contribution < -0.4 is 10.3 Å². The normalized spacial score (nSPS) is 14.3. The maximum absolute atomic E-state index is 13.4. The zero-order chi connectivity index (χ0) is 26.6. The van der Waals surface area contributed by atoms with Crippen LogP contribution in [0.5, 0.6) is 5.75 Å². The lowest BCUT2D eigenvalue weighted by Crippen LogP contribution is -2.25. The Morgan fingerprint density at radius 3 is 2.53 bits per heavy atom. The fourth-order valence-electron chi connectivity index (χ4n) is 4.71. The molecule has 0 radical (unpaired) electrons. The highest BCUT2D eigenvalue weighted by Crippen LogP contribution is 2.35. The van der Waals surface area contributed by atoms with Gasteiger partial charge in [-0.1, -0.05) is 66.7 Å². The van der Waals surface area contributed by atoms with Gasteiger partial charge in [-0.2, -0.15) is 9.78 Å². The van der Waals surface area contributed by atoms with Crippen LogP contribution in [0.15, 0.2) is 70.6 Å². The predicted octanol–water partition coefficient (Wildman–Crippen LogP) is 7.12. The van der Waals surface area contributed by atoms with Crippen LogP contribution in [-0.4, -0.2) is 20.8 Å². The van der Waals surface area contributed by atoms with Crippen molar-refractivity contribution in [2.24, 2.45) is 5.10 Å². The van der Waals surface area contributed by atoms with Crippen LogP contribution >= 0.6 is 23.2 Å². The van der Waals surface area contributed by atoms with Gasteiger partial charge < -0.3 is 4.74 Å². The van der Waals surface area contributed by atoms with Gasteiger partial charge in [0.1, 0.15) is 12.4 Å². The van der Waals surface area contributed by atoms with Crippen molar-refractivity contribution in [2.75, 3.05) is 0 Å². The third-order valence-electron chi connectivity index (χ3n) is 6.60. The number of halogens is 2. The number of nitro groups is 1. The Kier molecular flexibility index (Phi) is 7.72. The lowest BCUT2D eigenvalue weighted by atomic mass is 9.88. The smallest absolute Gasteiger partial charge is 0.282 e. The zero-order valence-corrected chi connectivity index (χ0v) is 21.9. The largest absolute Gasteiger partial charge is 0.486 e. The van der Waals surface area contributed by atoms with Crippen molar-refractivity contribution >= 4 is 46.0 Å². The van der Waals surface area contributed by atoms with Crippen molar-refractivity contribution in [1.82, 2.24) is 9.66 Å². The molecule has 0 saturated heterocycles. The van der Waals surface area contributed by atoms with Crippen molar-refractivity contribution in [1.29, 1.82) is 0 Å². The van der Waals surface area contributed by atoms with Crippen molar-refractivity contribution in [3.05, 3.63) is 108 Å². The number of fused-ring (bicyclic) bond motifs is 1. The highest BCUT2D eigenvalue weighted by molar-refractivity contribution is 6.37. The number of nitro benzene ring substituents is 1. The van der Waals surface area contributed by atoms with Crippen LogP contribution in [0.1, 0.15) is 55.0 Å². The highest BCUT2D eigenvalue weighted by atomic mass is 35.5. The quantitative estimate of drug-likeness (QED) is 0.138. The van der Waals surface area contributed by atoms with E-state index in [1.807, 2.05) is 18.2 Å². The number of benzene rings is 3. The molecule has 0 amide bonds. The van der Waals surface area contributed by atoms with Crippen molar-refractivity contribution in [2.45, 2.75) is 44.6 Å². The number of non-ortho nitro benzene ring substituents is 1. The average Bonchev–Trinajstić information content (AvgIpc) is 2.92. The molecule has 10 heteroatoms. The van der Waals surface area contributed by atoms with Gasteiger partial charge >= 0.3 is 0 Å². The van der Waals surface area contributed by atoms with Crippen molar-refractivity contribution in [3.63, 3.8) is 0 Å². The lowest BCUT2D eigenvalue weighted by molar-refractivity contribution is -0.384. The second-order valence-corrected chi connectivity index (χ2v) is 10.0. The molecule has 0 atom stereocenters. The number of aromatic nitrogens is 2. The summed E-state index contributed by atoms with van der Waals surface area (Å²) in [5.74, 6) is 1.08. The van der Waals surface area contributed by atoms with E-state index in [-0.39, 0.29) is 39.6 Å². The topological polar surface area (TPSA) is 99.6 Å². The maximum Gasteiger partial charge on any atom is 0.282 e. The van der Waals surface area contributed by atoms with E-state index in [9.17, 15) is 14.9 Å². The molecule has 1 heterocycles. The molecular formula is C28H24Cl2N4O4. The summed E-state index contributed by atoms with van der Waals surface area (Å²) in [6, 6.07) is 16.7. The summed E-state index contributed by atoms with van der Waals surface area (Å²) < 4.78 is 7.17. The predicted molar refractivity (Wildman–Crippen MR) is 149 cm³/mol. The molecular weight excluding hydrogens is 527 g/mol. The first kappa shape index (κ1) is 25.9. The molecule has 0 bridgehead atoms. The summed E-state index contributed by atoms with van der Waals surface area (Å²) in [6.45, 7) is 0.0530. The minimum Gasteiger partial charge on any atom is -0.486 e. The highest BCUT2D eigenvalue weighted by Gasteiger charge is 2.22. The van der Waals surface area contributed by atoms with Gasteiger partial charge in [0.05, 0.1) is 32.1 Å². The molecule has 0 N–H and O–H groups in total. The first-order valence-electron chi connectivity index (χ1n) is 12.3. The van der Waals surface area contributed by atoms with Crippen molar-refractivity contribution in [3.8, 4) is 5.75 Å². The van der Waals surface area contributed by atoms with Gasteiger partial charge in [0, 0.05) is 18.1 Å². The number of rotatable bonds is 7. The van der Waals surface area contributed by atoms with Gasteiger partial charge in [0.25, 0.3) is 11.2 Å². The number of para-hydroxylation sites is 1. The van der Waals surface area contributed by atoms with Crippen LogP contribution in [0, 0.1) is 10.1 Å². The Balaban J connectivity index is 1.43. The Hall–Kier alpha value is -3.75.